The minimum atomic E-state index is -0.908. The molecule has 2 aromatic carbocycles. The first-order chi connectivity index (χ1) is 13.5. The van der Waals surface area contributed by atoms with Crippen molar-refractivity contribution < 1.29 is 24.2 Å². The van der Waals surface area contributed by atoms with Crippen LogP contribution in [0.4, 0.5) is 16.2 Å². The van der Waals surface area contributed by atoms with Crippen molar-refractivity contribution in [2.24, 2.45) is 0 Å². The van der Waals surface area contributed by atoms with Crippen LogP contribution in [0.15, 0.2) is 48.5 Å². The Morgan fingerprint density at radius 2 is 1.96 bits per heavy atom. The normalized spacial score (nSPS) is 13.5. The highest BCUT2D eigenvalue weighted by atomic mass is 16.5. The van der Waals surface area contributed by atoms with Crippen molar-refractivity contribution in [3.63, 3.8) is 0 Å². The molecule has 1 aliphatic rings. The Hall–Kier alpha value is -3.55. The van der Waals surface area contributed by atoms with E-state index in [2.05, 4.69) is 16.0 Å². The Labute approximate surface area is 161 Å². The first kappa shape index (κ1) is 19.2. The number of aliphatic carboxylic acids is 1. The van der Waals surface area contributed by atoms with E-state index in [1.807, 2.05) is 30.3 Å². The predicted molar refractivity (Wildman–Crippen MR) is 104 cm³/mol. The Balaban J connectivity index is 1.62. The van der Waals surface area contributed by atoms with E-state index in [1.165, 1.54) is 0 Å². The largest absolute Gasteiger partial charge is 0.482 e. The van der Waals surface area contributed by atoms with Crippen LogP contribution >= 0.6 is 0 Å². The van der Waals surface area contributed by atoms with E-state index in [-0.39, 0.29) is 25.0 Å². The van der Waals surface area contributed by atoms with Gasteiger partial charge < -0.3 is 25.8 Å². The van der Waals surface area contributed by atoms with Gasteiger partial charge in [0.05, 0.1) is 5.69 Å². The zero-order chi connectivity index (χ0) is 19.9. The van der Waals surface area contributed by atoms with E-state index >= 15 is 0 Å². The van der Waals surface area contributed by atoms with Gasteiger partial charge in [-0.2, -0.15) is 0 Å². The maximum atomic E-state index is 12.4. The van der Waals surface area contributed by atoms with Crippen LogP contribution in [0.2, 0.25) is 0 Å². The number of amides is 3. The summed E-state index contributed by atoms with van der Waals surface area (Å²) >= 11 is 0. The third-order valence-electron chi connectivity index (χ3n) is 4.24. The third-order valence-corrected chi connectivity index (χ3v) is 4.24. The predicted octanol–water partition coefficient (Wildman–Crippen LogP) is 2.62. The fourth-order valence-electron chi connectivity index (χ4n) is 2.93. The highest BCUT2D eigenvalue weighted by molar-refractivity contribution is 5.96. The van der Waals surface area contributed by atoms with Crippen LogP contribution in [0.3, 0.4) is 0 Å². The van der Waals surface area contributed by atoms with E-state index in [0.29, 0.717) is 30.0 Å². The molecule has 0 saturated carbocycles. The van der Waals surface area contributed by atoms with Crippen LogP contribution in [0.1, 0.15) is 18.4 Å². The molecule has 0 aliphatic carbocycles. The summed E-state index contributed by atoms with van der Waals surface area (Å²) in [7, 11) is 0. The quantitative estimate of drug-likeness (QED) is 0.586. The highest BCUT2D eigenvalue weighted by Gasteiger charge is 2.18. The minimum Gasteiger partial charge on any atom is -0.482 e. The average molecular weight is 383 g/mol. The number of fused-ring (bicyclic) bond motifs is 1. The van der Waals surface area contributed by atoms with Crippen LogP contribution in [0.5, 0.6) is 5.75 Å². The summed E-state index contributed by atoms with van der Waals surface area (Å²) in [6, 6.07) is 13.7. The number of carbonyl (C=O) groups is 3. The van der Waals surface area contributed by atoms with Crippen LogP contribution in [0, 0.1) is 0 Å². The van der Waals surface area contributed by atoms with Crippen LogP contribution in [-0.2, 0) is 16.0 Å². The van der Waals surface area contributed by atoms with Gasteiger partial charge in [0.25, 0.3) is 5.91 Å². The van der Waals surface area contributed by atoms with E-state index in [1.54, 1.807) is 18.2 Å². The highest BCUT2D eigenvalue weighted by Crippen LogP contribution is 2.30. The third kappa shape index (κ3) is 5.47. The molecule has 3 rings (SSSR count). The molecule has 8 nitrogen and oxygen atoms in total. The Morgan fingerprint density at radius 1 is 1.18 bits per heavy atom. The van der Waals surface area contributed by atoms with Crippen molar-refractivity contribution in [1.29, 1.82) is 0 Å². The summed E-state index contributed by atoms with van der Waals surface area (Å²) in [6.07, 6.45) is 0.808. The van der Waals surface area contributed by atoms with Gasteiger partial charge in [0.15, 0.2) is 6.61 Å². The molecule has 1 aliphatic heterocycles. The number of ether oxygens (including phenoxy) is 1. The van der Waals surface area contributed by atoms with Gasteiger partial charge in [-0.3, -0.25) is 9.59 Å². The molecule has 0 spiro atoms. The lowest BCUT2D eigenvalue weighted by atomic mass is 10.0. The zero-order valence-corrected chi connectivity index (χ0v) is 15.1. The number of carbonyl (C=O) groups excluding carboxylic acids is 2. The molecule has 28 heavy (non-hydrogen) atoms. The van der Waals surface area contributed by atoms with Crippen LogP contribution < -0.4 is 20.7 Å². The molecule has 8 heteroatoms. The molecule has 1 unspecified atom stereocenters. The van der Waals surface area contributed by atoms with Gasteiger partial charge >= 0.3 is 12.0 Å². The summed E-state index contributed by atoms with van der Waals surface area (Å²) in [5.41, 5.74) is 2.06. The molecule has 0 saturated heterocycles. The fourth-order valence-corrected chi connectivity index (χ4v) is 2.93. The summed E-state index contributed by atoms with van der Waals surface area (Å²) < 4.78 is 5.33. The Kier molecular flexibility index (Phi) is 6.11. The van der Waals surface area contributed by atoms with Crippen LogP contribution in [0.25, 0.3) is 0 Å². The second-order valence-electron chi connectivity index (χ2n) is 6.47. The summed E-state index contributed by atoms with van der Waals surface area (Å²) in [4.78, 5) is 34.6. The van der Waals surface area contributed by atoms with Gasteiger partial charge in [-0.15, -0.1) is 0 Å². The molecular weight excluding hydrogens is 362 g/mol. The molecule has 2 aromatic rings. The monoisotopic (exact) mass is 383 g/mol. The van der Waals surface area contributed by atoms with E-state index < -0.39 is 12.0 Å². The molecule has 0 bridgehead atoms. The topological polar surface area (TPSA) is 117 Å². The number of anilines is 2. The number of rotatable bonds is 7. The standard InChI is InChI=1S/C20H21N3O5/c24-18-12-28-17-11-15(6-8-16(17)23-18)22-20(27)21-14(7-9-19(25)26)10-13-4-2-1-3-5-13/h1-6,8,11,14H,7,9-10,12H2,(H,23,24)(H,25,26)(H2,21,22,27). The van der Waals surface area contributed by atoms with Gasteiger partial charge in [-0.25, -0.2) is 4.79 Å². The number of hydrogen-bond donors (Lipinski definition) is 4. The van der Waals surface area contributed by atoms with Gasteiger partial charge in [0, 0.05) is 24.2 Å². The maximum Gasteiger partial charge on any atom is 0.319 e. The maximum absolute atomic E-state index is 12.4. The number of carboxylic acids is 1. The van der Waals surface area contributed by atoms with Crippen LogP contribution in [-0.4, -0.2) is 35.7 Å². The molecule has 1 atom stereocenters. The number of benzene rings is 2. The molecule has 146 valence electrons. The number of carboxylic acid groups (broad SMARTS) is 1. The van der Waals surface area contributed by atoms with Gasteiger partial charge in [-0.1, -0.05) is 30.3 Å². The average Bonchev–Trinajstić information content (AvgIpc) is 2.67. The van der Waals surface area contributed by atoms with Gasteiger partial charge in [-0.05, 0) is 30.5 Å². The van der Waals surface area contributed by atoms with Crippen molar-refractivity contribution in [2.45, 2.75) is 25.3 Å². The van der Waals surface area contributed by atoms with Crippen molar-refractivity contribution in [3.8, 4) is 5.75 Å². The van der Waals surface area contributed by atoms with Crippen molar-refractivity contribution in [2.75, 3.05) is 17.2 Å². The fraction of sp³-hybridized carbons (Fsp3) is 0.250. The van der Waals surface area contributed by atoms with E-state index in [4.69, 9.17) is 9.84 Å². The zero-order valence-electron chi connectivity index (χ0n) is 15.1. The number of hydrogen-bond acceptors (Lipinski definition) is 4. The van der Waals surface area contributed by atoms with Crippen molar-refractivity contribution >= 4 is 29.3 Å². The number of nitrogens with one attached hydrogen (secondary N) is 3. The Bertz CT molecular complexity index is 869. The van der Waals surface area contributed by atoms with Gasteiger partial charge in [0.2, 0.25) is 0 Å². The lowest BCUT2D eigenvalue weighted by Crippen LogP contribution is -2.39. The summed E-state index contributed by atoms with van der Waals surface area (Å²) in [6.45, 7) is -0.0724. The molecule has 0 aromatic heterocycles. The molecule has 1 heterocycles. The molecule has 3 amide bonds. The van der Waals surface area contributed by atoms with E-state index in [9.17, 15) is 14.4 Å². The van der Waals surface area contributed by atoms with Crippen molar-refractivity contribution in [3.05, 3.63) is 54.1 Å². The smallest absolute Gasteiger partial charge is 0.319 e. The van der Waals surface area contributed by atoms with E-state index in [0.717, 1.165) is 5.56 Å². The molecular formula is C20H21N3O5. The second-order valence-corrected chi connectivity index (χ2v) is 6.47. The lowest BCUT2D eigenvalue weighted by molar-refractivity contribution is -0.137. The second kappa shape index (κ2) is 8.90. The van der Waals surface area contributed by atoms with Gasteiger partial charge in [0.1, 0.15) is 5.75 Å². The number of urea groups is 1. The lowest BCUT2D eigenvalue weighted by Gasteiger charge is -2.20. The molecule has 0 fully saturated rings. The Morgan fingerprint density at radius 3 is 2.71 bits per heavy atom. The first-order valence-corrected chi connectivity index (χ1v) is 8.89. The minimum absolute atomic E-state index is 0.0375. The van der Waals surface area contributed by atoms with Crippen molar-refractivity contribution in [1.82, 2.24) is 5.32 Å². The molecule has 0 radical (unpaired) electrons. The molecule has 4 N–H and O–H groups in total. The first-order valence-electron chi connectivity index (χ1n) is 8.89. The summed E-state index contributed by atoms with van der Waals surface area (Å²) in [5.74, 6) is -0.661. The SMILES string of the molecule is O=C(O)CCC(Cc1ccccc1)NC(=O)Nc1ccc2c(c1)OCC(=O)N2. The summed E-state index contributed by atoms with van der Waals surface area (Å²) in [5, 5.41) is 17.2.